The molecular weight excluding hydrogens is 224 g/mol. The van der Waals surface area contributed by atoms with Gasteiger partial charge < -0.3 is 10.5 Å². The fourth-order valence-electron chi connectivity index (χ4n) is 1.84. The van der Waals surface area contributed by atoms with Crippen LogP contribution in [0.1, 0.15) is 16.7 Å². The van der Waals surface area contributed by atoms with E-state index in [2.05, 4.69) is 24.0 Å². The molecule has 0 saturated heterocycles. The number of benzene rings is 1. The normalized spacial score (nSPS) is 10.3. The number of aromatic nitrogens is 1. The second-order valence-electron chi connectivity index (χ2n) is 4.30. The largest absolute Gasteiger partial charge is 0.489 e. The van der Waals surface area contributed by atoms with E-state index in [1.807, 2.05) is 24.4 Å². The van der Waals surface area contributed by atoms with Gasteiger partial charge in [0.25, 0.3) is 0 Å². The van der Waals surface area contributed by atoms with E-state index in [9.17, 15) is 0 Å². The lowest BCUT2D eigenvalue weighted by Gasteiger charge is -2.11. The monoisotopic (exact) mass is 242 g/mol. The molecule has 18 heavy (non-hydrogen) atoms. The van der Waals surface area contributed by atoms with E-state index in [4.69, 9.17) is 10.5 Å². The van der Waals surface area contributed by atoms with Gasteiger partial charge in [-0.2, -0.15) is 0 Å². The molecule has 0 bridgehead atoms. The Morgan fingerprint density at radius 3 is 2.89 bits per heavy atom. The van der Waals surface area contributed by atoms with Crippen molar-refractivity contribution in [3.8, 4) is 5.75 Å². The molecule has 0 aliphatic rings. The van der Waals surface area contributed by atoms with Crippen LogP contribution in [0.4, 0.5) is 0 Å². The minimum Gasteiger partial charge on any atom is -0.489 e. The number of ether oxygens (including phenoxy) is 1. The van der Waals surface area contributed by atoms with Crippen molar-refractivity contribution in [2.75, 3.05) is 6.54 Å². The third-order valence-corrected chi connectivity index (χ3v) is 2.75. The summed E-state index contributed by atoms with van der Waals surface area (Å²) in [6.45, 7) is 3.24. The second-order valence-corrected chi connectivity index (χ2v) is 4.30. The van der Waals surface area contributed by atoms with Gasteiger partial charge in [0, 0.05) is 18.0 Å². The highest BCUT2D eigenvalue weighted by Crippen LogP contribution is 2.21. The van der Waals surface area contributed by atoms with Crippen LogP contribution in [0.2, 0.25) is 0 Å². The number of hydrogen-bond donors (Lipinski definition) is 1. The Labute approximate surface area is 108 Å². The maximum Gasteiger partial charge on any atom is 0.123 e. The lowest BCUT2D eigenvalue weighted by atomic mass is 10.1. The summed E-state index contributed by atoms with van der Waals surface area (Å²) in [5, 5.41) is 0. The lowest BCUT2D eigenvalue weighted by molar-refractivity contribution is 0.302. The van der Waals surface area contributed by atoms with Crippen molar-refractivity contribution in [2.24, 2.45) is 5.73 Å². The smallest absolute Gasteiger partial charge is 0.123 e. The van der Waals surface area contributed by atoms with Gasteiger partial charge >= 0.3 is 0 Å². The van der Waals surface area contributed by atoms with E-state index < -0.39 is 0 Å². The highest BCUT2D eigenvalue weighted by Gasteiger charge is 2.04. The SMILES string of the molecule is Cc1ccc(OCc2cccnc2)c(CCN)c1. The summed E-state index contributed by atoms with van der Waals surface area (Å²) in [4.78, 5) is 4.07. The first-order valence-corrected chi connectivity index (χ1v) is 6.11. The minimum atomic E-state index is 0.536. The first-order chi connectivity index (χ1) is 8.79. The molecule has 0 amide bonds. The number of nitrogens with zero attached hydrogens (tertiary/aromatic N) is 1. The highest BCUT2D eigenvalue weighted by atomic mass is 16.5. The minimum absolute atomic E-state index is 0.536. The molecule has 94 valence electrons. The fraction of sp³-hybridized carbons (Fsp3) is 0.267. The number of rotatable bonds is 5. The molecule has 3 heteroatoms. The van der Waals surface area contributed by atoms with Crippen LogP contribution in [0.5, 0.6) is 5.75 Å². The number of pyridine rings is 1. The average Bonchev–Trinajstić information content (AvgIpc) is 2.39. The van der Waals surface area contributed by atoms with Gasteiger partial charge in [0.15, 0.2) is 0 Å². The van der Waals surface area contributed by atoms with Gasteiger partial charge in [-0.25, -0.2) is 0 Å². The van der Waals surface area contributed by atoms with Crippen LogP contribution >= 0.6 is 0 Å². The Hall–Kier alpha value is -1.87. The number of nitrogens with two attached hydrogens (primary N) is 1. The quantitative estimate of drug-likeness (QED) is 0.876. The topological polar surface area (TPSA) is 48.1 Å². The summed E-state index contributed by atoms with van der Waals surface area (Å²) in [7, 11) is 0. The first-order valence-electron chi connectivity index (χ1n) is 6.11. The summed E-state index contributed by atoms with van der Waals surface area (Å²) in [5.41, 5.74) is 9.08. The molecule has 2 aromatic rings. The van der Waals surface area contributed by atoms with Gasteiger partial charge in [0.1, 0.15) is 12.4 Å². The van der Waals surface area contributed by atoms with Crippen molar-refractivity contribution in [3.05, 3.63) is 59.4 Å². The third-order valence-electron chi connectivity index (χ3n) is 2.75. The Balaban J connectivity index is 2.09. The van der Waals surface area contributed by atoms with Crippen molar-refractivity contribution in [1.82, 2.24) is 4.98 Å². The van der Waals surface area contributed by atoms with E-state index in [-0.39, 0.29) is 0 Å². The van der Waals surface area contributed by atoms with Crippen LogP contribution in [0.15, 0.2) is 42.7 Å². The maximum atomic E-state index is 5.84. The molecule has 0 aliphatic carbocycles. The van der Waals surface area contributed by atoms with E-state index in [1.54, 1.807) is 6.20 Å². The molecule has 0 fully saturated rings. The molecule has 2 rings (SSSR count). The summed E-state index contributed by atoms with van der Waals surface area (Å²) < 4.78 is 5.84. The van der Waals surface area contributed by atoms with E-state index in [1.165, 1.54) is 11.1 Å². The maximum absolute atomic E-state index is 5.84. The van der Waals surface area contributed by atoms with Crippen LogP contribution < -0.4 is 10.5 Å². The lowest BCUT2D eigenvalue weighted by Crippen LogP contribution is -2.06. The molecular formula is C15H18N2O. The third kappa shape index (κ3) is 3.31. The fourth-order valence-corrected chi connectivity index (χ4v) is 1.84. The average molecular weight is 242 g/mol. The van der Waals surface area contributed by atoms with E-state index >= 15 is 0 Å². The molecule has 2 N–H and O–H groups in total. The van der Waals surface area contributed by atoms with Crippen LogP contribution in [0.3, 0.4) is 0 Å². The Morgan fingerprint density at radius 1 is 1.28 bits per heavy atom. The van der Waals surface area contributed by atoms with Crippen LogP contribution in [-0.4, -0.2) is 11.5 Å². The summed E-state index contributed by atoms with van der Waals surface area (Å²) >= 11 is 0. The van der Waals surface area contributed by atoms with Gasteiger partial charge in [-0.3, -0.25) is 4.98 Å². The Morgan fingerprint density at radius 2 is 2.17 bits per heavy atom. The zero-order valence-corrected chi connectivity index (χ0v) is 10.6. The van der Waals surface area contributed by atoms with Crippen LogP contribution in [-0.2, 0) is 13.0 Å². The number of hydrogen-bond acceptors (Lipinski definition) is 3. The predicted molar refractivity (Wildman–Crippen MR) is 72.5 cm³/mol. The predicted octanol–water partition coefficient (Wildman–Crippen LogP) is 2.47. The highest BCUT2D eigenvalue weighted by molar-refractivity contribution is 5.37. The molecule has 0 saturated carbocycles. The molecule has 0 atom stereocenters. The molecule has 0 spiro atoms. The molecule has 3 nitrogen and oxygen atoms in total. The molecule has 0 unspecified atom stereocenters. The molecule has 1 aromatic heterocycles. The van der Waals surface area contributed by atoms with Crippen molar-refractivity contribution in [2.45, 2.75) is 20.0 Å². The molecule has 1 aromatic carbocycles. The number of aryl methyl sites for hydroxylation is 1. The van der Waals surface area contributed by atoms with Crippen LogP contribution in [0.25, 0.3) is 0 Å². The van der Waals surface area contributed by atoms with Gasteiger partial charge in [0.2, 0.25) is 0 Å². The Bertz CT molecular complexity index is 497. The summed E-state index contributed by atoms with van der Waals surface area (Å²) in [6.07, 6.45) is 4.41. The Kier molecular flexibility index (Phi) is 4.31. The zero-order valence-electron chi connectivity index (χ0n) is 10.6. The summed E-state index contributed by atoms with van der Waals surface area (Å²) in [5.74, 6) is 0.912. The van der Waals surface area contributed by atoms with Crippen molar-refractivity contribution in [1.29, 1.82) is 0 Å². The van der Waals surface area contributed by atoms with Gasteiger partial charge in [-0.05, 0) is 37.6 Å². The summed E-state index contributed by atoms with van der Waals surface area (Å²) in [6, 6.07) is 10.1. The van der Waals surface area contributed by atoms with Crippen LogP contribution in [0, 0.1) is 6.92 Å². The molecule has 1 heterocycles. The van der Waals surface area contributed by atoms with E-state index in [0.717, 1.165) is 17.7 Å². The van der Waals surface area contributed by atoms with Gasteiger partial charge in [0.05, 0.1) is 0 Å². The van der Waals surface area contributed by atoms with Crippen molar-refractivity contribution >= 4 is 0 Å². The van der Waals surface area contributed by atoms with Gasteiger partial charge in [-0.15, -0.1) is 0 Å². The second kappa shape index (κ2) is 6.17. The van der Waals surface area contributed by atoms with E-state index in [0.29, 0.717) is 13.2 Å². The standard InChI is InChI=1S/C15H18N2O/c1-12-4-5-15(14(9-12)6-7-16)18-11-13-3-2-8-17-10-13/h2-5,8-10H,6-7,11,16H2,1H3. The molecule has 0 radical (unpaired) electrons. The zero-order chi connectivity index (χ0) is 12.8. The van der Waals surface area contributed by atoms with Crippen molar-refractivity contribution in [3.63, 3.8) is 0 Å². The molecule has 0 aliphatic heterocycles. The van der Waals surface area contributed by atoms with Gasteiger partial charge in [-0.1, -0.05) is 23.8 Å². The first kappa shape index (κ1) is 12.6. The van der Waals surface area contributed by atoms with Crippen molar-refractivity contribution < 1.29 is 4.74 Å².